The smallest absolute Gasteiger partial charge is 0.279 e. The lowest BCUT2D eigenvalue weighted by Crippen LogP contribution is -2.19. The first-order valence-corrected chi connectivity index (χ1v) is 5.25. The quantitative estimate of drug-likeness (QED) is 0.754. The van der Waals surface area contributed by atoms with Crippen LogP contribution in [0.25, 0.3) is 0 Å². The molecule has 0 atom stereocenters. The van der Waals surface area contributed by atoms with Gasteiger partial charge in [-0.25, -0.2) is 0 Å². The summed E-state index contributed by atoms with van der Waals surface area (Å²) in [5.74, 6) is 0. The van der Waals surface area contributed by atoms with Crippen LogP contribution in [0.4, 0.5) is 0 Å². The molecule has 1 aromatic rings. The molecule has 1 N–H and O–H groups in total. The summed E-state index contributed by atoms with van der Waals surface area (Å²) < 4.78 is 27.0. The molecule has 0 heterocycles. The average molecular weight is 217 g/mol. The molecule has 0 spiro atoms. The standard InChI is InChI=1S/C8H11NO4S/c1-7-3-5-8(6-4-7)14(10,11)13-9-12-2/h3-6,9H,1-2H3. The fourth-order valence-electron chi connectivity index (χ4n) is 0.832. The van der Waals surface area contributed by atoms with Gasteiger partial charge in [0.05, 0.1) is 12.0 Å². The van der Waals surface area contributed by atoms with Crippen LogP contribution in [-0.4, -0.2) is 15.5 Å². The summed E-state index contributed by atoms with van der Waals surface area (Å²) in [5, 5.41) is 0. The highest BCUT2D eigenvalue weighted by Gasteiger charge is 2.14. The van der Waals surface area contributed by atoms with Crippen molar-refractivity contribution in [2.75, 3.05) is 7.11 Å². The minimum Gasteiger partial charge on any atom is -0.279 e. The molecule has 0 aliphatic carbocycles. The van der Waals surface area contributed by atoms with Crippen molar-refractivity contribution >= 4 is 10.1 Å². The van der Waals surface area contributed by atoms with Crippen molar-refractivity contribution in [2.45, 2.75) is 11.8 Å². The van der Waals surface area contributed by atoms with Gasteiger partial charge < -0.3 is 0 Å². The lowest BCUT2D eigenvalue weighted by atomic mass is 10.2. The Kier molecular flexibility index (Phi) is 3.59. The third kappa shape index (κ3) is 2.78. The van der Waals surface area contributed by atoms with Crippen molar-refractivity contribution < 1.29 is 17.5 Å². The van der Waals surface area contributed by atoms with Gasteiger partial charge in [0.15, 0.2) is 0 Å². The van der Waals surface area contributed by atoms with Gasteiger partial charge in [0.1, 0.15) is 0 Å². The zero-order valence-electron chi connectivity index (χ0n) is 7.85. The zero-order chi connectivity index (χ0) is 10.6. The Bertz CT molecular complexity index is 384. The van der Waals surface area contributed by atoms with Gasteiger partial charge in [-0.2, -0.15) is 8.42 Å². The molecule has 0 saturated heterocycles. The maximum Gasteiger partial charge on any atom is 0.314 e. The monoisotopic (exact) mass is 217 g/mol. The Morgan fingerprint density at radius 1 is 1.21 bits per heavy atom. The third-order valence-electron chi connectivity index (χ3n) is 1.54. The third-order valence-corrected chi connectivity index (χ3v) is 2.67. The van der Waals surface area contributed by atoms with Crippen LogP contribution in [0.3, 0.4) is 0 Å². The van der Waals surface area contributed by atoms with Gasteiger partial charge in [0.2, 0.25) is 0 Å². The van der Waals surface area contributed by atoms with E-state index in [1.807, 2.05) is 12.6 Å². The average Bonchev–Trinajstić information content (AvgIpc) is 2.16. The summed E-state index contributed by atoms with van der Waals surface area (Å²) in [6, 6.07) is 6.29. The highest BCUT2D eigenvalue weighted by Crippen LogP contribution is 2.11. The van der Waals surface area contributed by atoms with Gasteiger partial charge in [0, 0.05) is 0 Å². The summed E-state index contributed by atoms with van der Waals surface area (Å²) >= 11 is 0. The molecule has 5 nitrogen and oxygen atoms in total. The largest absolute Gasteiger partial charge is 0.314 e. The molecule has 1 rings (SSSR count). The molecule has 0 aromatic heterocycles. The molecule has 0 bridgehead atoms. The second-order valence-corrected chi connectivity index (χ2v) is 4.18. The Hall–Kier alpha value is -0.950. The number of aryl methyl sites for hydroxylation is 1. The van der Waals surface area contributed by atoms with Crippen molar-refractivity contribution in [3.8, 4) is 0 Å². The van der Waals surface area contributed by atoms with Crippen LogP contribution in [0.5, 0.6) is 0 Å². The van der Waals surface area contributed by atoms with Crippen molar-refractivity contribution in [1.82, 2.24) is 5.64 Å². The predicted octanol–water partition coefficient (Wildman–Crippen LogP) is 0.766. The Balaban J connectivity index is 2.87. The first-order valence-electron chi connectivity index (χ1n) is 3.84. The molecule has 0 radical (unpaired) electrons. The predicted molar refractivity (Wildman–Crippen MR) is 49.6 cm³/mol. The summed E-state index contributed by atoms with van der Waals surface area (Å²) in [4.78, 5) is 4.35. The van der Waals surface area contributed by atoms with Gasteiger partial charge in [0.25, 0.3) is 0 Å². The normalized spacial score (nSPS) is 11.6. The van der Waals surface area contributed by atoms with Gasteiger partial charge in [-0.3, -0.25) is 4.84 Å². The van der Waals surface area contributed by atoms with E-state index in [2.05, 4.69) is 9.12 Å². The Labute approximate surface area is 82.7 Å². The fraction of sp³-hybridized carbons (Fsp3) is 0.250. The maximum atomic E-state index is 11.3. The first-order chi connectivity index (χ1) is 6.56. The molecule has 0 amide bonds. The van der Waals surface area contributed by atoms with E-state index in [9.17, 15) is 8.42 Å². The van der Waals surface area contributed by atoms with Crippen LogP contribution in [0.15, 0.2) is 29.2 Å². The molecule has 78 valence electrons. The molecule has 1 aromatic carbocycles. The molecule has 0 fully saturated rings. The van der Waals surface area contributed by atoms with Crippen molar-refractivity contribution in [2.24, 2.45) is 0 Å². The lowest BCUT2D eigenvalue weighted by molar-refractivity contribution is -0.0751. The highest BCUT2D eigenvalue weighted by atomic mass is 32.2. The molecule has 0 unspecified atom stereocenters. The number of rotatable bonds is 4. The second-order valence-electron chi connectivity index (χ2n) is 2.64. The van der Waals surface area contributed by atoms with E-state index in [-0.39, 0.29) is 4.90 Å². The molecular weight excluding hydrogens is 206 g/mol. The maximum absolute atomic E-state index is 11.3. The molecule has 0 saturated carbocycles. The van der Waals surface area contributed by atoms with Crippen LogP contribution in [0.1, 0.15) is 5.56 Å². The van der Waals surface area contributed by atoms with Crippen molar-refractivity contribution in [3.63, 3.8) is 0 Å². The highest BCUT2D eigenvalue weighted by molar-refractivity contribution is 7.86. The van der Waals surface area contributed by atoms with E-state index >= 15 is 0 Å². The van der Waals surface area contributed by atoms with Gasteiger partial charge in [-0.05, 0) is 19.1 Å². The molecular formula is C8H11NO4S. The van der Waals surface area contributed by atoms with E-state index in [1.165, 1.54) is 19.2 Å². The molecule has 0 aliphatic heterocycles. The van der Waals surface area contributed by atoms with E-state index < -0.39 is 10.1 Å². The van der Waals surface area contributed by atoms with E-state index in [4.69, 9.17) is 0 Å². The first kappa shape index (κ1) is 11.1. The van der Waals surface area contributed by atoms with Gasteiger partial charge in [-0.15, -0.1) is 4.28 Å². The van der Waals surface area contributed by atoms with Crippen LogP contribution < -0.4 is 5.64 Å². The lowest BCUT2D eigenvalue weighted by Gasteiger charge is -2.04. The molecule has 14 heavy (non-hydrogen) atoms. The molecule has 6 heteroatoms. The van der Waals surface area contributed by atoms with Gasteiger partial charge in [-0.1, -0.05) is 23.3 Å². The van der Waals surface area contributed by atoms with E-state index in [0.29, 0.717) is 0 Å². The van der Waals surface area contributed by atoms with Gasteiger partial charge >= 0.3 is 10.1 Å². The number of benzene rings is 1. The summed E-state index contributed by atoms with van der Waals surface area (Å²) in [5.41, 5.74) is 2.79. The van der Waals surface area contributed by atoms with E-state index in [0.717, 1.165) is 5.56 Å². The number of nitrogens with one attached hydrogen (secondary N) is 1. The van der Waals surface area contributed by atoms with E-state index in [1.54, 1.807) is 12.1 Å². The summed E-state index contributed by atoms with van der Waals surface area (Å²) in [7, 11) is -2.52. The summed E-state index contributed by atoms with van der Waals surface area (Å²) in [6.07, 6.45) is 0. The fourth-order valence-corrected chi connectivity index (χ4v) is 1.56. The number of hydrogen-bond donors (Lipinski definition) is 1. The van der Waals surface area contributed by atoms with Crippen LogP contribution >= 0.6 is 0 Å². The molecule has 0 aliphatic rings. The Morgan fingerprint density at radius 3 is 2.29 bits per heavy atom. The minimum absolute atomic E-state index is 0.0765. The van der Waals surface area contributed by atoms with Crippen molar-refractivity contribution in [3.05, 3.63) is 29.8 Å². The van der Waals surface area contributed by atoms with Crippen LogP contribution in [0.2, 0.25) is 0 Å². The zero-order valence-corrected chi connectivity index (χ0v) is 8.67. The minimum atomic E-state index is -3.78. The number of hydrogen-bond acceptors (Lipinski definition) is 5. The topological polar surface area (TPSA) is 64.6 Å². The SMILES string of the molecule is CONOS(=O)(=O)c1ccc(C)cc1. The van der Waals surface area contributed by atoms with Crippen LogP contribution in [0, 0.1) is 6.92 Å². The summed E-state index contributed by atoms with van der Waals surface area (Å²) in [6.45, 7) is 1.87. The van der Waals surface area contributed by atoms with Crippen LogP contribution in [-0.2, 0) is 19.2 Å². The van der Waals surface area contributed by atoms with Crippen molar-refractivity contribution in [1.29, 1.82) is 0 Å². The second kappa shape index (κ2) is 4.52. The Morgan fingerprint density at radius 2 is 1.79 bits per heavy atom.